The molecule has 0 bridgehead atoms. The van der Waals surface area contributed by atoms with Gasteiger partial charge in [-0.1, -0.05) is 44.0 Å². The average Bonchev–Trinajstić information content (AvgIpc) is 1.76. The van der Waals surface area contributed by atoms with E-state index < -0.39 is 111 Å². The molecule has 53 heteroatoms. The summed E-state index contributed by atoms with van der Waals surface area (Å²) in [6, 6.07) is 33.1. The smallest absolute Gasteiger partial charge is 0.387 e. The van der Waals surface area contributed by atoms with Gasteiger partial charge in [0.15, 0.2) is 32.4 Å². The van der Waals surface area contributed by atoms with E-state index in [0.29, 0.717) is 36.2 Å². The molecule has 40 nitrogen and oxygen atoms in total. The fourth-order valence-electron chi connectivity index (χ4n) is 15.6. The Morgan fingerprint density at radius 1 is 0.374 bits per heavy atom. The van der Waals surface area contributed by atoms with E-state index in [2.05, 4.69) is 96.2 Å². The third kappa shape index (κ3) is 22.5. The Kier molecular flexibility index (Phi) is 29.9. The lowest BCUT2D eigenvalue weighted by Crippen LogP contribution is -2.18. The van der Waals surface area contributed by atoms with E-state index in [1.807, 2.05) is 13.0 Å². The number of nitrogens with zero attached hydrogens (tertiary/aromatic N) is 20. The fourth-order valence-corrected chi connectivity index (χ4v) is 21.2. The van der Waals surface area contributed by atoms with Crippen molar-refractivity contribution < 1.29 is 111 Å². The molecule has 760 valence electrons. The summed E-state index contributed by atoms with van der Waals surface area (Å²) in [7, 11) is -9.88. The standard InChI is InChI=1S/C26H22F2N6O4S.C25H20F2N6O4S.C23H22F2N6O4S.C20H17F3N6O4S/c1-3-16-6-4-7-17(12-16)39(36,37)18-8-9-22(38-26(27)28)19(13-18)23-21(15-33(2)32-23)31-25(35)20-14-30-34-11-5-10-29-24(20)34;1-15-5-3-6-16(11-15)38(35,36)17-7-8-21(37-25(26)27)18(12-17)22-20(14-32(2)31-22)30-24(34)19-13-29-33-10-4-9-28-23(19)33;1-30-13-18(28-22(32)17-12-27-31-10-4-9-26-21(17)31)20(29-30)16-11-15(7-8-19(16)35-23(24)25)36(33,34)14-5-2-3-6-14;1-11(21)34(31,32)12-4-5-16(33-20(22)23)13(8-12)17-15(10-28(2)27-17)26-19(30)14-9-25-29-7-3-6-24-18(14)29/h4-15,26H,3H2,1-2H3,(H,31,35);3-14,25H,1-2H3,(H,30,34);4,7-14,23H,2-3,5-6H2,1H3,(H,28,32);3-11,20H,1-2H3,(H,26,30). The van der Waals surface area contributed by atoms with Crippen molar-refractivity contribution >= 4 is 108 Å². The normalized spacial score (nSPS) is 12.7. The molecule has 0 aliphatic heterocycles. The van der Waals surface area contributed by atoms with Gasteiger partial charge in [-0.2, -0.15) is 75.9 Å². The lowest BCUT2D eigenvalue weighted by atomic mass is 10.1. The van der Waals surface area contributed by atoms with Crippen LogP contribution in [0.15, 0.2) is 274 Å². The highest BCUT2D eigenvalue weighted by Crippen LogP contribution is 2.45. The van der Waals surface area contributed by atoms with E-state index in [-0.39, 0.29) is 137 Å². The number of halogens is 9. The van der Waals surface area contributed by atoms with Crippen molar-refractivity contribution in [2.75, 3.05) is 21.3 Å². The van der Waals surface area contributed by atoms with Crippen molar-refractivity contribution in [1.29, 1.82) is 0 Å². The van der Waals surface area contributed by atoms with Gasteiger partial charge in [0.1, 0.15) is 68.0 Å². The quantitative estimate of drug-likeness (QED) is 0.0316. The van der Waals surface area contributed by atoms with Gasteiger partial charge in [-0.25, -0.2) is 76.1 Å². The van der Waals surface area contributed by atoms with Crippen LogP contribution >= 0.6 is 0 Å². The summed E-state index contributed by atoms with van der Waals surface area (Å²) >= 11 is 0. The minimum atomic E-state index is -4.39. The van der Waals surface area contributed by atoms with E-state index >= 15 is 0 Å². The molecule has 4 amide bonds. The number of alkyl halides is 9. The van der Waals surface area contributed by atoms with Crippen molar-refractivity contribution in [2.45, 2.75) is 119 Å². The van der Waals surface area contributed by atoms with Gasteiger partial charge in [0, 0.05) is 125 Å². The van der Waals surface area contributed by atoms with E-state index in [9.17, 15) is 92.4 Å². The Bertz CT molecular complexity index is 8560. The highest BCUT2D eigenvalue weighted by atomic mass is 32.2. The summed E-state index contributed by atoms with van der Waals surface area (Å²) in [6.45, 7) is -8.23. The van der Waals surface area contributed by atoms with Crippen molar-refractivity contribution in [2.24, 2.45) is 28.2 Å². The monoisotopic (exact) mass is 2100 g/mol. The van der Waals surface area contributed by atoms with Gasteiger partial charge in [-0.3, -0.25) is 37.9 Å². The average molecular weight is 2100 g/mol. The second-order valence-corrected chi connectivity index (χ2v) is 40.7. The first-order valence-corrected chi connectivity index (χ1v) is 49.9. The Hall–Kier alpha value is -17.1. The second-order valence-electron chi connectivity index (χ2n) is 32.4. The van der Waals surface area contributed by atoms with E-state index in [0.717, 1.165) is 61.2 Å². The molecular formula is C94H81F9N24O16S4. The molecule has 0 saturated heterocycles. The molecule has 18 aromatic rings. The van der Waals surface area contributed by atoms with Crippen LogP contribution in [0.5, 0.6) is 23.0 Å². The number of fused-ring (bicyclic) bond motifs is 4. The molecule has 1 fully saturated rings. The van der Waals surface area contributed by atoms with Crippen LogP contribution in [0, 0.1) is 6.92 Å². The molecule has 0 spiro atoms. The lowest BCUT2D eigenvalue weighted by Gasteiger charge is -2.15. The number of ether oxygens (including phenoxy) is 4. The molecule has 12 heterocycles. The van der Waals surface area contributed by atoms with Gasteiger partial charge in [-0.05, 0) is 166 Å². The maximum absolute atomic E-state index is 13.7. The van der Waals surface area contributed by atoms with Crippen LogP contribution in [0.4, 0.5) is 62.3 Å². The molecule has 1 unspecified atom stereocenters. The van der Waals surface area contributed by atoms with Crippen molar-refractivity contribution in [3.8, 4) is 68.0 Å². The summed E-state index contributed by atoms with van der Waals surface area (Å²) in [4.78, 5) is 68.1. The molecule has 19 rings (SSSR count). The van der Waals surface area contributed by atoms with Crippen molar-refractivity contribution in [1.82, 2.24) is 97.5 Å². The topological polar surface area (TPSA) is 482 Å². The minimum absolute atomic E-state index is 0.0132. The molecule has 1 atom stereocenters. The van der Waals surface area contributed by atoms with Crippen molar-refractivity contribution in [3.63, 3.8) is 0 Å². The molecule has 6 aromatic carbocycles. The highest BCUT2D eigenvalue weighted by molar-refractivity contribution is 7.92. The maximum Gasteiger partial charge on any atom is 0.387 e. The Labute approximate surface area is 827 Å². The number of rotatable bonds is 29. The van der Waals surface area contributed by atoms with E-state index in [4.69, 9.17) is 4.74 Å². The Balaban J connectivity index is 0.000000140. The third-order valence-corrected chi connectivity index (χ3v) is 30.0. The van der Waals surface area contributed by atoms with Gasteiger partial charge in [-0.15, -0.1) is 0 Å². The number of amides is 4. The molecule has 12 aromatic heterocycles. The van der Waals surface area contributed by atoms with Crippen LogP contribution in [0.1, 0.15) is 92.1 Å². The van der Waals surface area contributed by atoms with Crippen LogP contribution in [-0.2, 0) is 74.0 Å². The van der Waals surface area contributed by atoms with Gasteiger partial charge < -0.3 is 40.2 Å². The van der Waals surface area contributed by atoms with Crippen LogP contribution in [0.3, 0.4) is 0 Å². The van der Waals surface area contributed by atoms with Crippen LogP contribution in [0.25, 0.3) is 67.6 Å². The summed E-state index contributed by atoms with van der Waals surface area (Å²) in [5, 5.41) is 43.6. The maximum atomic E-state index is 13.7. The minimum Gasteiger partial charge on any atom is -0.434 e. The second kappa shape index (κ2) is 42.8. The fraction of sp³-hybridized carbons (Fsp3) is 0.191. The summed E-state index contributed by atoms with van der Waals surface area (Å²) < 4.78 is 254. The number of hydrogen-bond acceptors (Lipinski definition) is 28. The van der Waals surface area contributed by atoms with E-state index in [1.165, 1.54) is 179 Å². The number of aryl methyl sites for hydroxylation is 6. The number of anilines is 4. The number of carbonyl (C=O) groups excluding carboxylic acids is 4. The van der Waals surface area contributed by atoms with Crippen LogP contribution in [0.2, 0.25) is 0 Å². The van der Waals surface area contributed by atoms with Gasteiger partial charge >= 0.3 is 26.4 Å². The molecule has 4 N–H and O–H groups in total. The third-order valence-electron chi connectivity index (χ3n) is 22.5. The largest absolute Gasteiger partial charge is 0.434 e. The zero-order valence-electron chi connectivity index (χ0n) is 77.6. The number of carbonyl (C=O) groups is 4. The van der Waals surface area contributed by atoms with E-state index in [1.54, 1.807) is 101 Å². The molecule has 147 heavy (non-hydrogen) atoms. The van der Waals surface area contributed by atoms with Crippen LogP contribution in [-0.4, -0.2) is 192 Å². The summed E-state index contributed by atoms with van der Waals surface area (Å²) in [5.41, 5.74) is 1.51. The number of aromatic nitrogens is 20. The predicted octanol–water partition coefficient (Wildman–Crippen LogP) is 15.3. The Morgan fingerprint density at radius 2 is 0.660 bits per heavy atom. The van der Waals surface area contributed by atoms with Gasteiger partial charge in [0.25, 0.3) is 23.6 Å². The number of hydrogen-bond donors (Lipinski definition) is 4. The molecule has 1 saturated carbocycles. The number of nitrogens with one attached hydrogen (secondary N) is 4. The lowest BCUT2D eigenvalue weighted by molar-refractivity contribution is -0.0501. The molecule has 0 radical (unpaired) electrons. The van der Waals surface area contributed by atoms with Gasteiger partial charge in [0.2, 0.25) is 35.0 Å². The SMILES string of the molecule is CC(F)S(=O)(=O)c1ccc(OC(F)F)c(-c2nn(C)cc2NC(=O)c2cnn3cccnc23)c1.CCc1cccc(S(=O)(=O)c2ccc(OC(F)F)c(-c3nn(C)cc3NC(=O)c3cnn4cccnc34)c2)c1.Cc1cccc(S(=O)(=O)c2ccc(OC(F)F)c(-c3nn(C)cc3NC(=O)c3cnn4cccnc34)c2)c1.Cn1cc(NC(=O)c2cnn3cccnc23)c(-c2cc(S(=O)(=O)C3CCCC3)ccc2OC(F)F)n1. The highest BCUT2D eigenvalue weighted by Gasteiger charge is 2.36. The first-order valence-electron chi connectivity index (χ1n) is 43.8. The molecule has 1 aliphatic carbocycles. The molecule has 1 aliphatic rings. The zero-order chi connectivity index (χ0) is 105. The summed E-state index contributed by atoms with van der Waals surface area (Å²) in [6.07, 6.45) is 27.0. The van der Waals surface area contributed by atoms with Crippen LogP contribution < -0.4 is 40.2 Å². The Morgan fingerprint density at radius 3 is 0.966 bits per heavy atom. The zero-order valence-corrected chi connectivity index (χ0v) is 80.9. The van der Waals surface area contributed by atoms with Gasteiger partial charge in [0.05, 0.1) is 82.2 Å². The summed E-state index contributed by atoms with van der Waals surface area (Å²) in [5.74, 6) is -3.62. The number of sulfone groups is 4. The molecular weight excluding hydrogens is 2020 g/mol. The van der Waals surface area contributed by atoms with Crippen molar-refractivity contribution in [3.05, 3.63) is 278 Å². The first-order chi connectivity index (χ1) is 70.1. The first kappa shape index (κ1) is 103. The number of benzene rings is 6. The predicted molar refractivity (Wildman–Crippen MR) is 510 cm³/mol.